The molecule has 0 amide bonds. The van der Waals surface area contributed by atoms with Crippen LogP contribution >= 0.6 is 0 Å². The molecule has 0 heterocycles. The second-order valence-electron chi connectivity index (χ2n) is 3.26. The van der Waals surface area contributed by atoms with Gasteiger partial charge in [-0.15, -0.1) is 0 Å². The van der Waals surface area contributed by atoms with Gasteiger partial charge in [0.2, 0.25) is 0 Å². The molecule has 0 aliphatic heterocycles. The molecule has 90 valence electrons. The van der Waals surface area contributed by atoms with Crippen molar-refractivity contribution in [3.05, 3.63) is 0 Å². The van der Waals surface area contributed by atoms with Crippen LogP contribution in [0.4, 0.5) is 0 Å². The Morgan fingerprint density at radius 3 is 1.64 bits per heavy atom. The van der Waals surface area contributed by atoms with Gasteiger partial charge < -0.3 is 4.74 Å². The molecule has 0 aromatic carbocycles. The van der Waals surface area contributed by atoms with Crippen LogP contribution in [0.2, 0.25) is 0 Å². The van der Waals surface area contributed by atoms with Gasteiger partial charge in [-0.05, 0) is 27.4 Å². The van der Waals surface area contributed by atoms with Gasteiger partial charge >= 0.3 is 0 Å². The molecule has 0 aromatic heterocycles. The molecule has 0 bridgehead atoms. The fourth-order valence-corrected chi connectivity index (χ4v) is 0.891. The smallest absolute Gasteiger partial charge is 0.0641 e. The zero-order valence-corrected chi connectivity index (χ0v) is 11.8. The molecule has 0 saturated heterocycles. The third kappa shape index (κ3) is 10.0. The summed E-state index contributed by atoms with van der Waals surface area (Å²) >= 11 is 0. The van der Waals surface area contributed by atoms with Crippen LogP contribution in [0.15, 0.2) is 0 Å². The normalized spacial score (nSPS) is 9.86. The predicted molar refractivity (Wildman–Crippen MR) is 67.0 cm³/mol. The Bertz CT molecular complexity index is 92.3. The van der Waals surface area contributed by atoms with Gasteiger partial charge in [-0.3, -0.25) is 4.90 Å². The first-order valence-corrected chi connectivity index (χ1v) is 5.74. The van der Waals surface area contributed by atoms with Gasteiger partial charge in [-0.25, -0.2) is 0 Å². The van der Waals surface area contributed by atoms with Crippen LogP contribution in [0.1, 0.15) is 48.5 Å². The quantitative estimate of drug-likeness (QED) is 0.697. The van der Waals surface area contributed by atoms with Gasteiger partial charge in [0.25, 0.3) is 0 Å². The van der Waals surface area contributed by atoms with Gasteiger partial charge in [-0.2, -0.15) is 0 Å². The Morgan fingerprint density at radius 2 is 1.43 bits per heavy atom. The van der Waals surface area contributed by atoms with Crippen LogP contribution in [0.5, 0.6) is 0 Å². The van der Waals surface area contributed by atoms with Crippen molar-refractivity contribution in [1.29, 1.82) is 0 Å². The van der Waals surface area contributed by atoms with E-state index in [9.17, 15) is 0 Å². The van der Waals surface area contributed by atoms with E-state index in [1.165, 1.54) is 0 Å². The maximum Gasteiger partial charge on any atom is 0.0641 e. The Kier molecular flexibility index (Phi) is 18.0. The van der Waals surface area contributed by atoms with Gasteiger partial charge in [0.05, 0.1) is 6.61 Å². The summed E-state index contributed by atoms with van der Waals surface area (Å²) in [6.45, 7) is 16.4. The summed E-state index contributed by atoms with van der Waals surface area (Å²) in [7, 11) is 3.85. The van der Waals surface area contributed by atoms with E-state index in [1.807, 2.05) is 27.7 Å². The van der Waals surface area contributed by atoms with Crippen LogP contribution in [-0.2, 0) is 4.74 Å². The van der Waals surface area contributed by atoms with Crippen LogP contribution in [0, 0.1) is 0 Å². The van der Waals surface area contributed by atoms with Crippen molar-refractivity contribution in [3.8, 4) is 0 Å². The number of nitrogens with zero attached hydrogens (tertiary/aromatic N) is 1. The molecule has 0 N–H and O–H groups in total. The monoisotopic (exact) mass is 205 g/mol. The average Bonchev–Trinajstić information content (AvgIpc) is 2.22. The summed E-state index contributed by atoms with van der Waals surface area (Å²) in [6, 6.07) is 0. The van der Waals surface area contributed by atoms with Crippen LogP contribution in [0.3, 0.4) is 0 Å². The zero-order valence-electron chi connectivity index (χ0n) is 11.8. The molecule has 0 atom stereocenters. The summed E-state index contributed by atoms with van der Waals surface area (Å²) in [4.78, 5) is 2.27. The second-order valence-corrected chi connectivity index (χ2v) is 3.26. The van der Waals surface area contributed by atoms with E-state index in [0.29, 0.717) is 0 Å². The molecule has 0 aromatic rings. The minimum absolute atomic E-state index is 0.170. The van der Waals surface area contributed by atoms with E-state index in [0.717, 1.165) is 13.2 Å². The number of likely N-dealkylation sites (N-methyl/N-ethyl adjacent to an activating group) is 1. The number of hydrogen-bond acceptors (Lipinski definition) is 2. The molecule has 0 aliphatic rings. The van der Waals surface area contributed by atoms with E-state index in [2.05, 4.69) is 32.7 Å². The Balaban J connectivity index is -0.000000266. The standard InChI is InChI=1S/C8H19NO.2C2H6/c1-6-9(4)8(2,3)7-10-5;2*1-2/h6-7H2,1-5H3;2*1-2H3. The maximum absolute atomic E-state index is 5.09. The lowest BCUT2D eigenvalue weighted by atomic mass is 10.1. The molecule has 0 fully saturated rings. The third-order valence-electron chi connectivity index (χ3n) is 2.01. The topological polar surface area (TPSA) is 12.5 Å². The summed E-state index contributed by atoms with van der Waals surface area (Å²) in [5.74, 6) is 0. The SMILES string of the molecule is CC.CC.CCN(C)C(C)(C)COC. The van der Waals surface area contributed by atoms with Crippen LogP contribution in [-0.4, -0.2) is 37.7 Å². The third-order valence-corrected chi connectivity index (χ3v) is 2.01. The van der Waals surface area contributed by atoms with Crippen molar-refractivity contribution in [2.75, 3.05) is 27.3 Å². The van der Waals surface area contributed by atoms with Gasteiger partial charge in [0, 0.05) is 12.6 Å². The fourth-order valence-electron chi connectivity index (χ4n) is 0.891. The number of rotatable bonds is 4. The highest BCUT2D eigenvalue weighted by atomic mass is 16.5. The van der Waals surface area contributed by atoms with E-state index in [-0.39, 0.29) is 5.54 Å². The summed E-state index contributed by atoms with van der Waals surface area (Å²) in [6.07, 6.45) is 0. The molecule has 0 radical (unpaired) electrons. The van der Waals surface area contributed by atoms with E-state index in [4.69, 9.17) is 4.74 Å². The molecular weight excluding hydrogens is 174 g/mol. The van der Waals surface area contributed by atoms with E-state index >= 15 is 0 Å². The summed E-state index contributed by atoms with van der Waals surface area (Å²) in [5.41, 5.74) is 0.170. The lowest BCUT2D eigenvalue weighted by molar-refractivity contribution is 0.0538. The highest BCUT2D eigenvalue weighted by Gasteiger charge is 2.21. The Labute approximate surface area is 91.6 Å². The number of ether oxygens (including phenoxy) is 1. The Morgan fingerprint density at radius 1 is 1.07 bits per heavy atom. The van der Waals surface area contributed by atoms with Crippen LogP contribution in [0.25, 0.3) is 0 Å². The van der Waals surface area contributed by atoms with E-state index in [1.54, 1.807) is 7.11 Å². The molecule has 0 rings (SSSR count). The van der Waals surface area contributed by atoms with Crippen molar-refractivity contribution in [2.24, 2.45) is 0 Å². The first-order chi connectivity index (χ1) is 6.54. The van der Waals surface area contributed by atoms with Crippen molar-refractivity contribution >= 4 is 0 Å². The fraction of sp³-hybridized carbons (Fsp3) is 1.00. The zero-order chi connectivity index (χ0) is 12.2. The molecule has 2 heteroatoms. The molecule has 0 spiro atoms. The molecule has 0 unspecified atom stereocenters. The van der Waals surface area contributed by atoms with Crippen LogP contribution < -0.4 is 0 Å². The minimum Gasteiger partial charge on any atom is -0.383 e. The van der Waals surface area contributed by atoms with E-state index < -0.39 is 0 Å². The van der Waals surface area contributed by atoms with Crippen molar-refractivity contribution in [3.63, 3.8) is 0 Å². The van der Waals surface area contributed by atoms with Crippen molar-refractivity contribution in [1.82, 2.24) is 4.90 Å². The predicted octanol–water partition coefficient (Wildman–Crippen LogP) is 3.42. The average molecular weight is 205 g/mol. The molecule has 14 heavy (non-hydrogen) atoms. The first-order valence-electron chi connectivity index (χ1n) is 5.74. The second kappa shape index (κ2) is 12.9. The lowest BCUT2D eigenvalue weighted by Crippen LogP contribution is -2.44. The Hall–Kier alpha value is -0.0800. The summed E-state index contributed by atoms with van der Waals surface area (Å²) < 4.78 is 5.09. The number of methoxy groups -OCH3 is 1. The molecular formula is C12H31NO. The molecule has 0 aliphatic carbocycles. The summed E-state index contributed by atoms with van der Waals surface area (Å²) in [5, 5.41) is 0. The van der Waals surface area contributed by atoms with Crippen molar-refractivity contribution < 1.29 is 4.74 Å². The molecule has 2 nitrogen and oxygen atoms in total. The highest BCUT2D eigenvalue weighted by molar-refractivity contribution is 4.77. The molecule has 0 saturated carbocycles. The largest absolute Gasteiger partial charge is 0.383 e. The maximum atomic E-state index is 5.09. The van der Waals surface area contributed by atoms with Gasteiger partial charge in [0.1, 0.15) is 0 Å². The van der Waals surface area contributed by atoms with Crippen molar-refractivity contribution in [2.45, 2.75) is 54.0 Å². The highest BCUT2D eigenvalue weighted by Crippen LogP contribution is 2.10. The number of hydrogen-bond donors (Lipinski definition) is 0. The minimum atomic E-state index is 0.170. The lowest BCUT2D eigenvalue weighted by Gasteiger charge is -2.33. The van der Waals surface area contributed by atoms with Gasteiger partial charge in [-0.1, -0.05) is 34.6 Å². The van der Waals surface area contributed by atoms with Gasteiger partial charge in [0.15, 0.2) is 0 Å². The first kappa shape index (κ1) is 19.5.